The molecule has 0 aliphatic heterocycles. The lowest BCUT2D eigenvalue weighted by atomic mass is 10.1. The molecule has 1 aromatic heterocycles. The van der Waals surface area contributed by atoms with Crippen molar-refractivity contribution in [3.05, 3.63) is 29.3 Å². The van der Waals surface area contributed by atoms with Crippen LogP contribution in [0.3, 0.4) is 0 Å². The topological polar surface area (TPSA) is 39.2 Å². The minimum absolute atomic E-state index is 0.148. The van der Waals surface area contributed by atoms with Gasteiger partial charge in [0.1, 0.15) is 5.56 Å². The Kier molecular flexibility index (Phi) is 3.46. The largest absolute Gasteiger partial charge is 0.462 e. The number of esters is 1. The number of rotatable bonds is 2. The zero-order chi connectivity index (χ0) is 12.3. The summed E-state index contributed by atoms with van der Waals surface area (Å²) in [5, 5.41) is 0. The van der Waals surface area contributed by atoms with Crippen molar-refractivity contribution in [1.29, 1.82) is 0 Å². The molecule has 1 aromatic rings. The molecule has 0 bridgehead atoms. The number of ether oxygens (including phenoxy) is 1. The van der Waals surface area contributed by atoms with E-state index in [9.17, 15) is 22.4 Å². The summed E-state index contributed by atoms with van der Waals surface area (Å²) in [6.07, 6.45) is -4.19. The van der Waals surface area contributed by atoms with Gasteiger partial charge in [0.2, 0.25) is 5.95 Å². The van der Waals surface area contributed by atoms with E-state index in [1.807, 2.05) is 0 Å². The fourth-order valence-corrected chi connectivity index (χ4v) is 1.07. The van der Waals surface area contributed by atoms with Crippen LogP contribution in [0.25, 0.3) is 0 Å². The van der Waals surface area contributed by atoms with Gasteiger partial charge in [0, 0.05) is 6.20 Å². The molecule has 0 atom stereocenters. The van der Waals surface area contributed by atoms with Crippen molar-refractivity contribution < 1.29 is 27.1 Å². The van der Waals surface area contributed by atoms with E-state index >= 15 is 0 Å². The van der Waals surface area contributed by atoms with Crippen LogP contribution >= 0.6 is 0 Å². The molecule has 7 heteroatoms. The maximum absolute atomic E-state index is 13.0. The maximum atomic E-state index is 13.0. The van der Waals surface area contributed by atoms with Gasteiger partial charge in [-0.1, -0.05) is 0 Å². The third kappa shape index (κ3) is 2.47. The Morgan fingerprint density at radius 1 is 1.50 bits per heavy atom. The first-order chi connectivity index (χ1) is 7.38. The summed E-state index contributed by atoms with van der Waals surface area (Å²) in [4.78, 5) is 14.1. The van der Waals surface area contributed by atoms with Gasteiger partial charge in [-0.25, -0.2) is 9.78 Å². The normalized spacial score (nSPS) is 11.3. The van der Waals surface area contributed by atoms with Gasteiger partial charge in [-0.2, -0.15) is 17.6 Å². The highest BCUT2D eigenvalue weighted by Crippen LogP contribution is 2.32. The number of carbonyl (C=O) groups is 1. The molecule has 0 aliphatic carbocycles. The Morgan fingerprint density at radius 2 is 2.12 bits per heavy atom. The van der Waals surface area contributed by atoms with Crippen LogP contribution in [0.4, 0.5) is 17.6 Å². The number of aromatic nitrogens is 1. The van der Waals surface area contributed by atoms with Crippen LogP contribution in [0.5, 0.6) is 0 Å². The van der Waals surface area contributed by atoms with E-state index in [4.69, 9.17) is 0 Å². The minimum Gasteiger partial charge on any atom is -0.462 e. The molecule has 0 saturated heterocycles. The van der Waals surface area contributed by atoms with E-state index in [1.165, 1.54) is 6.92 Å². The van der Waals surface area contributed by atoms with E-state index < -0.39 is 29.2 Å². The first-order valence-electron chi connectivity index (χ1n) is 4.26. The van der Waals surface area contributed by atoms with Gasteiger partial charge in [0.05, 0.1) is 12.2 Å². The zero-order valence-corrected chi connectivity index (χ0v) is 8.14. The molecule has 3 nitrogen and oxygen atoms in total. The number of nitrogens with zero attached hydrogens (tertiary/aromatic N) is 1. The molecule has 0 spiro atoms. The van der Waals surface area contributed by atoms with Crippen LogP contribution < -0.4 is 0 Å². The summed E-state index contributed by atoms with van der Waals surface area (Å²) in [6.45, 7) is 1.25. The van der Waals surface area contributed by atoms with Crippen molar-refractivity contribution in [3.8, 4) is 0 Å². The van der Waals surface area contributed by atoms with Gasteiger partial charge >= 0.3 is 12.1 Å². The minimum atomic E-state index is -4.83. The van der Waals surface area contributed by atoms with Crippen molar-refractivity contribution in [3.63, 3.8) is 0 Å². The fourth-order valence-electron chi connectivity index (χ4n) is 1.07. The standard InChI is InChI=1S/C9H7F4NO2/c1-2-16-8(15)6-5(9(11,12)13)3-4-14-7(6)10/h3-4H,2H2,1H3. The Labute approximate surface area is 88.0 Å². The molecule has 0 N–H and O–H groups in total. The molecule has 16 heavy (non-hydrogen) atoms. The average Bonchev–Trinajstić information content (AvgIpc) is 2.16. The van der Waals surface area contributed by atoms with Crippen molar-refractivity contribution in [2.24, 2.45) is 0 Å². The molecule has 88 valence electrons. The highest BCUT2D eigenvalue weighted by Gasteiger charge is 2.37. The van der Waals surface area contributed by atoms with Crippen LogP contribution in [-0.2, 0) is 10.9 Å². The number of pyridine rings is 1. The molecule has 1 heterocycles. The Balaban J connectivity index is 3.30. The second-order valence-electron chi connectivity index (χ2n) is 2.74. The van der Waals surface area contributed by atoms with Crippen molar-refractivity contribution in [2.75, 3.05) is 6.61 Å². The second-order valence-corrected chi connectivity index (χ2v) is 2.74. The quantitative estimate of drug-likeness (QED) is 0.450. The summed E-state index contributed by atoms with van der Waals surface area (Å²) < 4.78 is 54.6. The lowest BCUT2D eigenvalue weighted by Crippen LogP contribution is -2.17. The van der Waals surface area contributed by atoms with Gasteiger partial charge in [-0.15, -0.1) is 0 Å². The van der Waals surface area contributed by atoms with E-state index in [-0.39, 0.29) is 6.61 Å². The zero-order valence-electron chi connectivity index (χ0n) is 8.14. The van der Waals surface area contributed by atoms with E-state index in [2.05, 4.69) is 9.72 Å². The summed E-state index contributed by atoms with van der Waals surface area (Å²) in [6, 6.07) is 0.523. The fraction of sp³-hybridized carbons (Fsp3) is 0.333. The van der Waals surface area contributed by atoms with Gasteiger partial charge < -0.3 is 4.74 Å². The predicted octanol–water partition coefficient (Wildman–Crippen LogP) is 2.42. The Hall–Kier alpha value is -1.66. The average molecular weight is 237 g/mol. The Morgan fingerprint density at radius 3 is 2.62 bits per heavy atom. The van der Waals surface area contributed by atoms with Crippen molar-refractivity contribution >= 4 is 5.97 Å². The number of halogens is 4. The first-order valence-corrected chi connectivity index (χ1v) is 4.26. The number of carbonyl (C=O) groups excluding carboxylic acids is 1. The maximum Gasteiger partial charge on any atom is 0.417 e. The lowest BCUT2D eigenvalue weighted by molar-refractivity contribution is -0.138. The third-order valence-corrected chi connectivity index (χ3v) is 1.69. The molecule has 0 saturated carbocycles. The summed E-state index contributed by atoms with van der Waals surface area (Å²) in [5.74, 6) is -2.87. The van der Waals surface area contributed by atoms with E-state index in [0.29, 0.717) is 12.3 Å². The van der Waals surface area contributed by atoms with Gasteiger partial charge in [-0.05, 0) is 13.0 Å². The van der Waals surface area contributed by atoms with Crippen LogP contribution in [-0.4, -0.2) is 17.6 Å². The molecule has 0 aliphatic rings. The molecule has 0 amide bonds. The van der Waals surface area contributed by atoms with Gasteiger partial charge in [0.15, 0.2) is 0 Å². The third-order valence-electron chi connectivity index (χ3n) is 1.69. The molecular formula is C9H7F4NO2. The summed E-state index contributed by atoms with van der Waals surface area (Å²) >= 11 is 0. The molecule has 1 rings (SSSR count). The number of hydrogen-bond acceptors (Lipinski definition) is 3. The van der Waals surface area contributed by atoms with Crippen LogP contribution in [0.2, 0.25) is 0 Å². The number of hydrogen-bond donors (Lipinski definition) is 0. The van der Waals surface area contributed by atoms with Crippen LogP contribution in [0.15, 0.2) is 12.3 Å². The molecule has 0 radical (unpaired) electrons. The van der Waals surface area contributed by atoms with Crippen molar-refractivity contribution in [1.82, 2.24) is 4.98 Å². The van der Waals surface area contributed by atoms with E-state index in [0.717, 1.165) is 0 Å². The lowest BCUT2D eigenvalue weighted by Gasteiger charge is -2.11. The van der Waals surface area contributed by atoms with Crippen LogP contribution in [0, 0.1) is 5.95 Å². The monoisotopic (exact) mass is 237 g/mol. The summed E-state index contributed by atoms with van der Waals surface area (Å²) in [7, 11) is 0. The predicted molar refractivity (Wildman–Crippen MR) is 45.2 cm³/mol. The highest BCUT2D eigenvalue weighted by molar-refractivity contribution is 5.91. The second kappa shape index (κ2) is 4.46. The SMILES string of the molecule is CCOC(=O)c1c(C(F)(F)F)ccnc1F. The van der Waals surface area contributed by atoms with Gasteiger partial charge in [0.25, 0.3) is 0 Å². The molecular weight excluding hydrogens is 230 g/mol. The van der Waals surface area contributed by atoms with E-state index in [1.54, 1.807) is 0 Å². The molecule has 0 fully saturated rings. The smallest absolute Gasteiger partial charge is 0.417 e. The number of alkyl halides is 3. The highest BCUT2D eigenvalue weighted by atomic mass is 19.4. The molecule has 0 unspecified atom stereocenters. The van der Waals surface area contributed by atoms with Crippen LogP contribution in [0.1, 0.15) is 22.8 Å². The molecule has 0 aromatic carbocycles. The Bertz CT molecular complexity index is 403. The van der Waals surface area contributed by atoms with Gasteiger partial charge in [-0.3, -0.25) is 0 Å². The first kappa shape index (κ1) is 12.4. The summed E-state index contributed by atoms with van der Waals surface area (Å²) in [5.41, 5.74) is -2.57. The van der Waals surface area contributed by atoms with Crippen molar-refractivity contribution in [2.45, 2.75) is 13.1 Å².